The minimum absolute atomic E-state index is 0.0901. The Morgan fingerprint density at radius 3 is 2.29 bits per heavy atom. The van der Waals surface area contributed by atoms with Crippen LogP contribution in [0.15, 0.2) is 66.9 Å². The summed E-state index contributed by atoms with van der Waals surface area (Å²) in [7, 11) is 1.69. The molecule has 0 aliphatic heterocycles. The largest absolute Gasteiger partial charge is 0.497 e. The van der Waals surface area contributed by atoms with Gasteiger partial charge in [-0.3, -0.25) is 9.59 Å². The van der Waals surface area contributed by atoms with E-state index in [1.807, 2.05) is 24.3 Å². The number of hydrogen-bond donors (Lipinski definition) is 3. The number of fused-ring (bicyclic) bond motifs is 1. The average Bonchev–Trinajstić information content (AvgIpc) is 3.42. The number of ether oxygens (including phenoxy) is 1. The van der Waals surface area contributed by atoms with Gasteiger partial charge in [-0.25, -0.2) is 0 Å². The molecule has 3 aromatic carbocycles. The smallest absolute Gasteiger partial charge is 0.305 e. The van der Waals surface area contributed by atoms with Crippen LogP contribution in [0.4, 0.5) is 0 Å². The summed E-state index contributed by atoms with van der Waals surface area (Å²) in [6.07, 6.45) is 8.66. The van der Waals surface area contributed by atoms with Gasteiger partial charge in [-0.2, -0.15) is 0 Å². The van der Waals surface area contributed by atoms with Gasteiger partial charge in [0.1, 0.15) is 5.75 Å². The predicted octanol–water partition coefficient (Wildman–Crippen LogP) is 8.14. The molecule has 6 heteroatoms. The van der Waals surface area contributed by atoms with Crippen molar-refractivity contribution in [2.24, 2.45) is 0 Å². The van der Waals surface area contributed by atoms with E-state index in [0.717, 1.165) is 37.9 Å². The van der Waals surface area contributed by atoms with E-state index in [0.29, 0.717) is 5.56 Å². The van der Waals surface area contributed by atoms with Crippen LogP contribution in [0.2, 0.25) is 0 Å². The van der Waals surface area contributed by atoms with Crippen LogP contribution < -0.4 is 10.1 Å². The van der Waals surface area contributed by atoms with Crippen molar-refractivity contribution < 1.29 is 19.4 Å². The van der Waals surface area contributed by atoms with Crippen molar-refractivity contribution in [3.63, 3.8) is 0 Å². The number of carboxylic acids is 1. The Morgan fingerprint density at radius 1 is 0.952 bits per heavy atom. The first-order valence-corrected chi connectivity index (χ1v) is 15.2. The second-order valence-electron chi connectivity index (χ2n) is 11.2. The maximum absolute atomic E-state index is 12.6. The first kappa shape index (κ1) is 30.9. The molecular formula is C36H44N2O4. The van der Waals surface area contributed by atoms with Crippen LogP contribution in [-0.2, 0) is 11.2 Å². The molecule has 0 saturated carbocycles. The van der Waals surface area contributed by atoms with Crippen molar-refractivity contribution in [1.82, 2.24) is 10.3 Å². The van der Waals surface area contributed by atoms with E-state index in [9.17, 15) is 9.59 Å². The molecule has 1 aromatic heterocycles. The molecule has 1 heterocycles. The molecule has 0 bridgehead atoms. The molecule has 42 heavy (non-hydrogen) atoms. The highest BCUT2D eigenvalue weighted by Gasteiger charge is 2.29. The van der Waals surface area contributed by atoms with Crippen molar-refractivity contribution in [2.45, 2.75) is 77.6 Å². The number of carboxylic acid groups (broad SMARTS) is 1. The van der Waals surface area contributed by atoms with E-state index in [1.54, 1.807) is 7.11 Å². The van der Waals surface area contributed by atoms with Crippen molar-refractivity contribution in [3.05, 3.63) is 100 Å². The van der Waals surface area contributed by atoms with Crippen molar-refractivity contribution in [2.75, 3.05) is 13.7 Å². The summed E-state index contributed by atoms with van der Waals surface area (Å²) in [4.78, 5) is 27.1. The zero-order valence-electron chi connectivity index (χ0n) is 25.3. The minimum atomic E-state index is -0.932. The van der Waals surface area contributed by atoms with Gasteiger partial charge < -0.3 is 20.1 Å². The SMILES string of the molecule is CCCCc1cc(C)c2[nH]cc(C(c3ccc(OC)cc3)C(CCCC)c3ccc(C(=O)NCCC(=O)O)cc3)c2c1. The molecule has 0 radical (unpaired) electrons. The number of aliphatic carboxylic acids is 1. The third-order valence-corrected chi connectivity index (χ3v) is 8.20. The van der Waals surface area contributed by atoms with Gasteiger partial charge in [0, 0.05) is 35.1 Å². The summed E-state index contributed by atoms with van der Waals surface area (Å²) >= 11 is 0. The summed E-state index contributed by atoms with van der Waals surface area (Å²) in [6.45, 7) is 6.75. The molecule has 0 aliphatic carbocycles. The van der Waals surface area contributed by atoms with Gasteiger partial charge in [-0.15, -0.1) is 0 Å². The lowest BCUT2D eigenvalue weighted by Crippen LogP contribution is -2.26. The summed E-state index contributed by atoms with van der Waals surface area (Å²) in [5, 5.41) is 12.9. The van der Waals surface area contributed by atoms with Crippen LogP contribution in [0, 0.1) is 6.92 Å². The Bertz CT molecular complexity index is 1470. The van der Waals surface area contributed by atoms with E-state index < -0.39 is 5.97 Å². The highest BCUT2D eigenvalue weighted by molar-refractivity contribution is 5.94. The monoisotopic (exact) mass is 568 g/mol. The lowest BCUT2D eigenvalue weighted by Gasteiger charge is -2.29. The Kier molecular flexibility index (Phi) is 10.8. The van der Waals surface area contributed by atoms with E-state index in [1.165, 1.54) is 45.1 Å². The van der Waals surface area contributed by atoms with Crippen LogP contribution in [0.5, 0.6) is 5.75 Å². The molecule has 222 valence electrons. The molecule has 4 aromatic rings. The third-order valence-electron chi connectivity index (χ3n) is 8.20. The molecule has 0 aliphatic rings. The molecule has 2 atom stereocenters. The third kappa shape index (κ3) is 7.41. The van der Waals surface area contributed by atoms with Gasteiger partial charge in [0.05, 0.1) is 13.5 Å². The Morgan fingerprint density at radius 2 is 1.64 bits per heavy atom. The van der Waals surface area contributed by atoms with E-state index in [-0.39, 0.29) is 30.7 Å². The maximum Gasteiger partial charge on any atom is 0.305 e. The molecule has 4 rings (SSSR count). The Hall–Kier alpha value is -4.06. The fraction of sp³-hybridized carbons (Fsp3) is 0.389. The van der Waals surface area contributed by atoms with E-state index >= 15 is 0 Å². The van der Waals surface area contributed by atoms with Crippen molar-refractivity contribution in [1.29, 1.82) is 0 Å². The second kappa shape index (κ2) is 14.7. The molecule has 3 N–H and O–H groups in total. The Balaban J connectivity index is 1.79. The predicted molar refractivity (Wildman–Crippen MR) is 170 cm³/mol. The first-order valence-electron chi connectivity index (χ1n) is 15.2. The fourth-order valence-electron chi connectivity index (χ4n) is 5.95. The number of benzene rings is 3. The number of rotatable bonds is 15. The first-order chi connectivity index (χ1) is 20.4. The average molecular weight is 569 g/mol. The van der Waals surface area contributed by atoms with Crippen LogP contribution in [-0.4, -0.2) is 35.6 Å². The number of aryl methyl sites for hydroxylation is 2. The normalized spacial score (nSPS) is 12.7. The zero-order chi connectivity index (χ0) is 30.1. The topological polar surface area (TPSA) is 91.4 Å². The molecule has 0 saturated heterocycles. The highest BCUT2D eigenvalue weighted by atomic mass is 16.5. The molecule has 0 spiro atoms. The number of hydrogen-bond acceptors (Lipinski definition) is 3. The molecule has 6 nitrogen and oxygen atoms in total. The van der Waals surface area contributed by atoms with Gasteiger partial charge in [-0.05, 0) is 90.3 Å². The molecule has 0 fully saturated rings. The quantitative estimate of drug-likeness (QED) is 0.135. The van der Waals surface area contributed by atoms with E-state index in [2.05, 4.69) is 73.7 Å². The maximum atomic E-state index is 12.6. The van der Waals surface area contributed by atoms with Crippen LogP contribution >= 0.6 is 0 Å². The molecule has 2 unspecified atom stereocenters. The Labute approximate surface area is 249 Å². The number of aromatic nitrogens is 1. The number of methoxy groups -OCH3 is 1. The van der Waals surface area contributed by atoms with Crippen molar-refractivity contribution >= 4 is 22.8 Å². The molecule has 1 amide bonds. The van der Waals surface area contributed by atoms with Gasteiger partial charge in [0.25, 0.3) is 5.91 Å². The lowest BCUT2D eigenvalue weighted by molar-refractivity contribution is -0.136. The number of amides is 1. The van der Waals surface area contributed by atoms with Gasteiger partial charge in [0.15, 0.2) is 0 Å². The lowest BCUT2D eigenvalue weighted by atomic mass is 9.74. The second-order valence-corrected chi connectivity index (χ2v) is 11.2. The molecular weight excluding hydrogens is 524 g/mol. The van der Waals surface area contributed by atoms with Crippen molar-refractivity contribution in [3.8, 4) is 5.75 Å². The van der Waals surface area contributed by atoms with Crippen LogP contribution in [0.3, 0.4) is 0 Å². The van der Waals surface area contributed by atoms with E-state index in [4.69, 9.17) is 9.84 Å². The summed E-state index contributed by atoms with van der Waals surface area (Å²) in [5.41, 5.74) is 8.05. The summed E-state index contributed by atoms with van der Waals surface area (Å²) in [6, 6.07) is 21.0. The standard InChI is InChI=1S/C36H44N2O4/c1-5-7-9-25-21-24(3)35-31(22-25)32(23-38-35)34(27-15-17-29(42-4)18-16-27)30(10-8-6-2)26-11-13-28(14-12-26)36(41)37-20-19-33(39)40/h11-18,21-23,30,34,38H,5-10,19-20H2,1-4H3,(H,37,41)(H,39,40). The number of aromatic amines is 1. The summed E-state index contributed by atoms with van der Waals surface area (Å²) in [5.74, 6) is -0.0869. The van der Waals surface area contributed by atoms with Gasteiger partial charge in [-0.1, -0.05) is 63.4 Å². The number of carbonyl (C=O) groups excluding carboxylic acids is 1. The summed E-state index contributed by atoms with van der Waals surface area (Å²) < 4.78 is 5.49. The van der Waals surface area contributed by atoms with Crippen LogP contribution in [0.25, 0.3) is 10.9 Å². The number of H-pyrrole nitrogens is 1. The van der Waals surface area contributed by atoms with Gasteiger partial charge >= 0.3 is 5.97 Å². The van der Waals surface area contributed by atoms with Crippen LogP contribution in [0.1, 0.15) is 102 Å². The number of nitrogens with one attached hydrogen (secondary N) is 2. The highest BCUT2D eigenvalue weighted by Crippen LogP contribution is 2.45. The zero-order valence-corrected chi connectivity index (χ0v) is 25.3. The number of unbranched alkanes of at least 4 members (excludes halogenated alkanes) is 2. The number of carbonyl (C=O) groups is 2. The fourth-order valence-corrected chi connectivity index (χ4v) is 5.95. The minimum Gasteiger partial charge on any atom is -0.497 e. The van der Waals surface area contributed by atoms with Gasteiger partial charge in [0.2, 0.25) is 0 Å².